The van der Waals surface area contributed by atoms with Gasteiger partial charge >= 0.3 is 0 Å². The summed E-state index contributed by atoms with van der Waals surface area (Å²) in [6.07, 6.45) is 0. The van der Waals surface area contributed by atoms with Gasteiger partial charge in [-0.25, -0.2) is 0 Å². The quantitative estimate of drug-likeness (QED) is 0.536. The molecule has 0 bridgehead atoms. The van der Waals surface area contributed by atoms with E-state index in [9.17, 15) is 0 Å². The van der Waals surface area contributed by atoms with Crippen molar-refractivity contribution >= 4 is 34.5 Å². The topological polar surface area (TPSA) is 0 Å². The highest BCUT2D eigenvalue weighted by Crippen LogP contribution is 2.21. The summed E-state index contributed by atoms with van der Waals surface area (Å²) >= 11 is 12.3. The monoisotopic (exact) mass is 151 g/mol. The van der Waals surface area contributed by atoms with Crippen molar-refractivity contribution in [2.45, 2.75) is 0 Å². The smallest absolute Gasteiger partial charge is 0.102 e. The summed E-state index contributed by atoms with van der Waals surface area (Å²) in [6, 6.07) is 2.69. The molecule has 0 atom stereocenters. The van der Waals surface area contributed by atoms with Crippen molar-refractivity contribution < 1.29 is 0 Å². The van der Waals surface area contributed by atoms with Crippen molar-refractivity contribution in [3.8, 4) is 0 Å². The summed E-state index contributed by atoms with van der Waals surface area (Å²) < 4.78 is 0.616. The highest BCUT2D eigenvalue weighted by molar-refractivity contribution is 7.14. The lowest BCUT2D eigenvalue weighted by atomic mass is 10.7. The number of hydrogen-bond acceptors (Lipinski definition) is 1. The summed E-state index contributed by atoms with van der Waals surface area (Å²) in [5.74, 6) is 0. The Kier molecular flexibility index (Phi) is 1.57. The number of halogens is 2. The first-order valence-electron chi connectivity index (χ1n) is 1.61. The standard InChI is InChI=1S/C4HCl2S/c5-3-1-4(6)7-2-3/h2H. The lowest BCUT2D eigenvalue weighted by Crippen LogP contribution is -1.40. The van der Waals surface area contributed by atoms with Crippen molar-refractivity contribution in [2.24, 2.45) is 0 Å². The van der Waals surface area contributed by atoms with E-state index in [1.54, 1.807) is 5.38 Å². The molecule has 1 rings (SSSR count). The fourth-order valence-corrected chi connectivity index (χ4v) is 1.26. The van der Waals surface area contributed by atoms with Gasteiger partial charge in [0.15, 0.2) is 0 Å². The van der Waals surface area contributed by atoms with Gasteiger partial charge in [-0.3, -0.25) is 0 Å². The first kappa shape index (κ1) is 5.42. The van der Waals surface area contributed by atoms with Crippen LogP contribution in [0.15, 0.2) is 5.38 Å². The largest absolute Gasteiger partial charge is 0.130 e. The van der Waals surface area contributed by atoms with Crippen LogP contribution in [0.3, 0.4) is 0 Å². The van der Waals surface area contributed by atoms with Gasteiger partial charge in [0.2, 0.25) is 0 Å². The molecule has 1 aromatic rings. The van der Waals surface area contributed by atoms with Crippen LogP contribution in [0.1, 0.15) is 0 Å². The van der Waals surface area contributed by atoms with Crippen molar-refractivity contribution in [2.75, 3.05) is 0 Å². The van der Waals surface area contributed by atoms with E-state index in [1.807, 2.05) is 0 Å². The normalized spacial score (nSPS) is 9.43. The minimum atomic E-state index is 0.593. The third-order valence-electron chi connectivity index (χ3n) is 0.484. The van der Waals surface area contributed by atoms with Gasteiger partial charge < -0.3 is 0 Å². The zero-order chi connectivity index (χ0) is 5.28. The summed E-state index contributed by atoms with van der Waals surface area (Å²) in [6.45, 7) is 0. The third kappa shape index (κ3) is 1.34. The van der Waals surface area contributed by atoms with Crippen LogP contribution < -0.4 is 0 Å². The molecule has 0 nitrogen and oxygen atoms in total. The zero-order valence-corrected chi connectivity index (χ0v) is 5.57. The van der Waals surface area contributed by atoms with E-state index in [0.717, 1.165) is 0 Å². The predicted molar refractivity (Wildman–Crippen MR) is 33.2 cm³/mol. The molecule has 0 fully saturated rings. The third-order valence-corrected chi connectivity index (χ3v) is 1.84. The molecule has 0 aliphatic heterocycles. The van der Waals surface area contributed by atoms with Gasteiger partial charge in [-0.15, -0.1) is 11.3 Å². The second-order valence-electron chi connectivity index (χ2n) is 0.982. The van der Waals surface area contributed by atoms with Crippen LogP contribution in [0.5, 0.6) is 0 Å². The molecule has 0 saturated heterocycles. The molecule has 3 heteroatoms. The molecule has 0 aliphatic rings. The van der Waals surface area contributed by atoms with Gasteiger partial charge in [0.25, 0.3) is 0 Å². The van der Waals surface area contributed by atoms with Gasteiger partial charge in [0.1, 0.15) is 4.34 Å². The summed E-state index contributed by atoms with van der Waals surface area (Å²) in [4.78, 5) is 0. The lowest BCUT2D eigenvalue weighted by molar-refractivity contribution is 1.97. The molecular weight excluding hydrogens is 151 g/mol. The van der Waals surface area contributed by atoms with Gasteiger partial charge in [-0.1, -0.05) is 23.2 Å². The molecule has 0 saturated carbocycles. The zero-order valence-electron chi connectivity index (χ0n) is 3.24. The van der Waals surface area contributed by atoms with Crippen LogP contribution in [0, 0.1) is 6.07 Å². The maximum absolute atomic E-state index is 5.44. The summed E-state index contributed by atoms with van der Waals surface area (Å²) in [5, 5.41) is 2.33. The van der Waals surface area contributed by atoms with E-state index in [2.05, 4.69) is 6.07 Å². The Hall–Kier alpha value is 0.280. The molecule has 0 aromatic carbocycles. The van der Waals surface area contributed by atoms with Crippen molar-refractivity contribution in [1.82, 2.24) is 0 Å². The average molecular weight is 152 g/mol. The molecule has 7 heavy (non-hydrogen) atoms. The molecule has 1 radical (unpaired) electrons. The van der Waals surface area contributed by atoms with Crippen molar-refractivity contribution in [3.63, 3.8) is 0 Å². The lowest BCUT2D eigenvalue weighted by Gasteiger charge is -1.64. The van der Waals surface area contributed by atoms with Crippen LogP contribution in [0.25, 0.3) is 0 Å². The molecule has 37 valence electrons. The Balaban J connectivity index is 3.04. The van der Waals surface area contributed by atoms with Crippen LogP contribution >= 0.6 is 34.5 Å². The second kappa shape index (κ2) is 2.03. The van der Waals surface area contributed by atoms with E-state index < -0.39 is 0 Å². The Bertz CT molecular complexity index is 142. The minimum absolute atomic E-state index is 0.593. The fourth-order valence-electron chi connectivity index (χ4n) is 0.256. The Labute approximate surface area is 55.7 Å². The molecular formula is C4HCl2S. The van der Waals surface area contributed by atoms with E-state index in [4.69, 9.17) is 23.2 Å². The molecule has 0 unspecified atom stereocenters. The molecule has 1 aromatic heterocycles. The SMILES string of the molecule is Clc1[c]c(Cl)sc1. The Morgan fingerprint density at radius 2 is 2.29 bits per heavy atom. The average Bonchev–Trinajstić information content (AvgIpc) is 1.87. The molecule has 0 spiro atoms. The van der Waals surface area contributed by atoms with Crippen molar-refractivity contribution in [1.29, 1.82) is 0 Å². The number of thiophene rings is 1. The summed E-state index contributed by atoms with van der Waals surface area (Å²) in [5.41, 5.74) is 0. The maximum Gasteiger partial charge on any atom is 0.102 e. The highest BCUT2D eigenvalue weighted by Gasteiger charge is 1.90. The van der Waals surface area contributed by atoms with E-state index in [1.165, 1.54) is 11.3 Å². The number of hydrogen-bond donors (Lipinski definition) is 0. The fraction of sp³-hybridized carbons (Fsp3) is 0. The van der Waals surface area contributed by atoms with E-state index in [0.29, 0.717) is 9.36 Å². The van der Waals surface area contributed by atoms with Crippen LogP contribution in [-0.2, 0) is 0 Å². The van der Waals surface area contributed by atoms with Crippen LogP contribution in [0.4, 0.5) is 0 Å². The van der Waals surface area contributed by atoms with Gasteiger partial charge in [0.05, 0.1) is 5.02 Å². The molecule has 0 amide bonds. The van der Waals surface area contributed by atoms with Crippen LogP contribution in [0.2, 0.25) is 9.36 Å². The Morgan fingerprint density at radius 3 is 2.43 bits per heavy atom. The minimum Gasteiger partial charge on any atom is -0.130 e. The second-order valence-corrected chi connectivity index (χ2v) is 2.87. The Morgan fingerprint density at radius 1 is 1.57 bits per heavy atom. The van der Waals surface area contributed by atoms with Crippen molar-refractivity contribution in [3.05, 3.63) is 20.8 Å². The molecule has 0 aliphatic carbocycles. The van der Waals surface area contributed by atoms with E-state index >= 15 is 0 Å². The summed E-state index contributed by atoms with van der Waals surface area (Å²) in [7, 11) is 0. The number of rotatable bonds is 0. The molecule has 0 N–H and O–H groups in total. The molecule has 1 heterocycles. The maximum atomic E-state index is 5.44. The van der Waals surface area contributed by atoms with Gasteiger partial charge in [0, 0.05) is 11.4 Å². The van der Waals surface area contributed by atoms with Gasteiger partial charge in [-0.05, 0) is 0 Å². The highest BCUT2D eigenvalue weighted by atomic mass is 35.5. The first-order chi connectivity index (χ1) is 3.29. The van der Waals surface area contributed by atoms with Crippen LogP contribution in [-0.4, -0.2) is 0 Å². The first-order valence-corrected chi connectivity index (χ1v) is 3.24. The van der Waals surface area contributed by atoms with Gasteiger partial charge in [-0.2, -0.15) is 0 Å². The predicted octanol–water partition coefficient (Wildman–Crippen LogP) is 2.86. The van der Waals surface area contributed by atoms with E-state index in [-0.39, 0.29) is 0 Å².